The molecule has 2 rings (SSSR count). The van der Waals surface area contributed by atoms with Gasteiger partial charge >= 0.3 is 0 Å². The average molecular weight is 235 g/mol. The van der Waals surface area contributed by atoms with Gasteiger partial charge in [0.15, 0.2) is 0 Å². The zero-order valence-electron chi connectivity index (χ0n) is 10.4. The molecule has 1 aliphatic carbocycles. The number of rotatable bonds is 4. The minimum Gasteiger partial charge on any atom is -0.335 e. The van der Waals surface area contributed by atoms with Gasteiger partial charge in [0.1, 0.15) is 11.6 Å². The third-order valence-electron chi connectivity index (χ3n) is 3.71. The quantitative estimate of drug-likeness (QED) is 0.861. The lowest BCUT2D eigenvalue weighted by atomic mass is 9.81. The minimum atomic E-state index is 0.0470. The van der Waals surface area contributed by atoms with Gasteiger partial charge in [-0.05, 0) is 19.8 Å². The van der Waals surface area contributed by atoms with Crippen molar-refractivity contribution in [2.24, 2.45) is 11.7 Å². The van der Waals surface area contributed by atoms with Crippen molar-refractivity contribution >= 4 is 5.78 Å². The van der Waals surface area contributed by atoms with Crippen LogP contribution in [-0.4, -0.2) is 21.4 Å². The summed E-state index contributed by atoms with van der Waals surface area (Å²) in [7, 11) is 0. The summed E-state index contributed by atoms with van der Waals surface area (Å²) in [4.78, 5) is 16.5. The highest BCUT2D eigenvalue weighted by Gasteiger charge is 2.28. The summed E-state index contributed by atoms with van der Waals surface area (Å²) in [6.07, 6.45) is 8.34. The molecular weight excluding hydrogens is 214 g/mol. The van der Waals surface area contributed by atoms with Gasteiger partial charge in [0.05, 0.1) is 6.42 Å². The second kappa shape index (κ2) is 5.45. The summed E-state index contributed by atoms with van der Waals surface area (Å²) in [5, 5.41) is 0. The zero-order valence-corrected chi connectivity index (χ0v) is 10.4. The normalized spacial score (nSPS) is 24.8. The van der Waals surface area contributed by atoms with Crippen LogP contribution in [0.3, 0.4) is 0 Å². The second-order valence-corrected chi connectivity index (χ2v) is 4.83. The van der Waals surface area contributed by atoms with Gasteiger partial charge in [0.25, 0.3) is 0 Å². The molecule has 0 aliphatic heterocycles. The van der Waals surface area contributed by atoms with Crippen LogP contribution in [0.25, 0.3) is 0 Å². The number of carbonyl (C=O) groups is 1. The fourth-order valence-corrected chi connectivity index (χ4v) is 2.64. The van der Waals surface area contributed by atoms with E-state index in [2.05, 4.69) is 11.9 Å². The Labute approximate surface area is 102 Å². The number of ketones is 1. The van der Waals surface area contributed by atoms with Crippen LogP contribution in [0, 0.1) is 5.92 Å². The van der Waals surface area contributed by atoms with Crippen LogP contribution in [0.15, 0.2) is 12.4 Å². The van der Waals surface area contributed by atoms with E-state index in [1.807, 2.05) is 10.8 Å². The summed E-state index contributed by atoms with van der Waals surface area (Å²) in [6, 6.07) is 0.0567. The largest absolute Gasteiger partial charge is 0.335 e. The first-order chi connectivity index (χ1) is 8.22. The first-order valence-electron chi connectivity index (χ1n) is 6.50. The Kier molecular flexibility index (Phi) is 3.94. The molecule has 94 valence electrons. The summed E-state index contributed by atoms with van der Waals surface area (Å²) in [5.41, 5.74) is 6.03. The molecule has 0 aromatic carbocycles. The van der Waals surface area contributed by atoms with Crippen LogP contribution in [0.2, 0.25) is 0 Å². The molecule has 0 amide bonds. The van der Waals surface area contributed by atoms with E-state index >= 15 is 0 Å². The standard InChI is InChI=1S/C13H21N3O/c1-2-16-8-7-15-13(16)9-12(17)10-5-3-4-6-11(10)14/h7-8,10-11H,2-6,9,14H2,1H3. The van der Waals surface area contributed by atoms with Crippen molar-refractivity contribution in [1.82, 2.24) is 9.55 Å². The van der Waals surface area contributed by atoms with Crippen LogP contribution >= 0.6 is 0 Å². The number of nitrogens with zero attached hydrogens (tertiary/aromatic N) is 2. The fourth-order valence-electron chi connectivity index (χ4n) is 2.64. The van der Waals surface area contributed by atoms with Crippen molar-refractivity contribution in [2.75, 3.05) is 0 Å². The SMILES string of the molecule is CCn1ccnc1CC(=O)C1CCCCC1N. The Morgan fingerprint density at radius 1 is 1.53 bits per heavy atom. The molecule has 2 unspecified atom stereocenters. The highest BCUT2D eigenvalue weighted by Crippen LogP contribution is 2.24. The Morgan fingerprint density at radius 3 is 3.00 bits per heavy atom. The minimum absolute atomic E-state index is 0.0470. The maximum absolute atomic E-state index is 12.2. The van der Waals surface area contributed by atoms with Crippen molar-refractivity contribution in [3.63, 3.8) is 0 Å². The van der Waals surface area contributed by atoms with Crippen LogP contribution in [0.4, 0.5) is 0 Å². The third-order valence-corrected chi connectivity index (χ3v) is 3.71. The summed E-state index contributed by atoms with van der Waals surface area (Å²) < 4.78 is 2.02. The summed E-state index contributed by atoms with van der Waals surface area (Å²) >= 11 is 0. The Hall–Kier alpha value is -1.16. The van der Waals surface area contributed by atoms with E-state index in [4.69, 9.17) is 5.73 Å². The number of aryl methyl sites for hydroxylation is 1. The number of aromatic nitrogens is 2. The molecule has 1 saturated carbocycles. The van der Waals surface area contributed by atoms with Crippen LogP contribution in [0.1, 0.15) is 38.4 Å². The Bertz CT molecular complexity index is 386. The van der Waals surface area contributed by atoms with Gasteiger partial charge in [-0.15, -0.1) is 0 Å². The van der Waals surface area contributed by atoms with Crippen LogP contribution in [-0.2, 0) is 17.8 Å². The fraction of sp³-hybridized carbons (Fsp3) is 0.692. The molecule has 0 radical (unpaired) electrons. The number of hydrogen-bond donors (Lipinski definition) is 1. The maximum atomic E-state index is 12.2. The van der Waals surface area contributed by atoms with E-state index < -0.39 is 0 Å². The molecule has 17 heavy (non-hydrogen) atoms. The number of imidazole rings is 1. The van der Waals surface area contributed by atoms with Gasteiger partial charge in [0.2, 0.25) is 0 Å². The van der Waals surface area contributed by atoms with Crippen LogP contribution < -0.4 is 5.73 Å². The van der Waals surface area contributed by atoms with Gasteiger partial charge in [-0.2, -0.15) is 0 Å². The van der Waals surface area contributed by atoms with Crippen LogP contribution in [0.5, 0.6) is 0 Å². The smallest absolute Gasteiger partial charge is 0.145 e. The molecule has 1 aliphatic rings. The van der Waals surface area contributed by atoms with Gasteiger partial charge < -0.3 is 10.3 Å². The lowest BCUT2D eigenvalue weighted by Crippen LogP contribution is -2.39. The van der Waals surface area contributed by atoms with E-state index in [1.165, 1.54) is 0 Å². The number of hydrogen-bond acceptors (Lipinski definition) is 3. The number of nitrogens with two attached hydrogens (primary N) is 1. The van der Waals surface area contributed by atoms with Gasteiger partial charge in [0, 0.05) is 30.9 Å². The number of Topliss-reactive ketones (excluding diaryl/α,β-unsaturated/α-hetero) is 1. The highest BCUT2D eigenvalue weighted by molar-refractivity contribution is 5.83. The van der Waals surface area contributed by atoms with E-state index in [9.17, 15) is 4.79 Å². The monoisotopic (exact) mass is 235 g/mol. The molecule has 0 spiro atoms. The molecule has 1 aromatic heterocycles. The van der Waals surface area contributed by atoms with E-state index in [0.717, 1.165) is 38.1 Å². The molecule has 2 atom stereocenters. The average Bonchev–Trinajstić information content (AvgIpc) is 2.76. The molecule has 1 heterocycles. The van der Waals surface area contributed by atoms with Gasteiger partial charge in [-0.3, -0.25) is 4.79 Å². The molecule has 0 saturated heterocycles. The third kappa shape index (κ3) is 2.75. The van der Waals surface area contributed by atoms with Crippen molar-refractivity contribution in [1.29, 1.82) is 0 Å². The van der Waals surface area contributed by atoms with Crippen molar-refractivity contribution < 1.29 is 4.79 Å². The molecule has 4 nitrogen and oxygen atoms in total. The molecular formula is C13H21N3O. The molecule has 1 fully saturated rings. The lowest BCUT2D eigenvalue weighted by Gasteiger charge is -2.27. The predicted octanol–water partition coefficient (Wildman–Crippen LogP) is 1.53. The van der Waals surface area contributed by atoms with E-state index in [1.54, 1.807) is 6.20 Å². The first kappa shape index (κ1) is 12.3. The van der Waals surface area contributed by atoms with E-state index in [0.29, 0.717) is 6.42 Å². The first-order valence-corrected chi connectivity index (χ1v) is 6.50. The Balaban J connectivity index is 2.01. The van der Waals surface area contributed by atoms with Gasteiger partial charge in [-0.25, -0.2) is 4.98 Å². The molecule has 1 aromatic rings. The predicted molar refractivity (Wildman–Crippen MR) is 66.5 cm³/mol. The molecule has 2 N–H and O–H groups in total. The van der Waals surface area contributed by atoms with Crippen molar-refractivity contribution in [2.45, 2.75) is 51.6 Å². The van der Waals surface area contributed by atoms with Crippen molar-refractivity contribution in [3.05, 3.63) is 18.2 Å². The zero-order chi connectivity index (χ0) is 12.3. The number of carbonyl (C=O) groups excluding carboxylic acids is 1. The molecule has 4 heteroatoms. The van der Waals surface area contributed by atoms with E-state index in [-0.39, 0.29) is 17.7 Å². The molecule has 0 bridgehead atoms. The van der Waals surface area contributed by atoms with Crippen molar-refractivity contribution in [3.8, 4) is 0 Å². The maximum Gasteiger partial charge on any atom is 0.145 e. The van der Waals surface area contributed by atoms with Gasteiger partial charge in [-0.1, -0.05) is 12.8 Å². The second-order valence-electron chi connectivity index (χ2n) is 4.83. The summed E-state index contributed by atoms with van der Waals surface area (Å²) in [5.74, 6) is 1.18. The highest BCUT2D eigenvalue weighted by atomic mass is 16.1. The summed E-state index contributed by atoms with van der Waals surface area (Å²) in [6.45, 7) is 2.92. The topological polar surface area (TPSA) is 60.9 Å². The lowest BCUT2D eigenvalue weighted by molar-refractivity contribution is -0.123. The Morgan fingerprint density at radius 2 is 2.29 bits per heavy atom.